The van der Waals surface area contributed by atoms with E-state index < -0.39 is 12.1 Å². The zero-order valence-electron chi connectivity index (χ0n) is 14.3. The smallest absolute Gasteiger partial charge is 0.341 e. The summed E-state index contributed by atoms with van der Waals surface area (Å²) in [6, 6.07) is 12.7. The third-order valence-electron chi connectivity index (χ3n) is 4.51. The highest BCUT2D eigenvalue weighted by Gasteiger charge is 2.26. The lowest BCUT2D eigenvalue weighted by Gasteiger charge is -2.27. The molecule has 0 radical (unpaired) electrons. The number of fused-ring (bicyclic) bond motifs is 1. The minimum atomic E-state index is -0.955. The molecular formula is C20H19Cl2NO3. The molecule has 26 heavy (non-hydrogen) atoms. The van der Waals surface area contributed by atoms with Crippen LogP contribution in [-0.4, -0.2) is 18.0 Å². The summed E-state index contributed by atoms with van der Waals surface area (Å²) in [7, 11) is 0. The van der Waals surface area contributed by atoms with Crippen LogP contribution in [0.25, 0.3) is 0 Å². The van der Waals surface area contributed by atoms with Gasteiger partial charge < -0.3 is 10.1 Å². The van der Waals surface area contributed by atoms with Crippen molar-refractivity contribution in [3.05, 3.63) is 69.2 Å². The average molecular weight is 392 g/mol. The maximum atomic E-state index is 12.5. The molecule has 3 rings (SSSR count). The number of halogens is 2. The molecule has 1 N–H and O–H groups in total. The summed E-state index contributed by atoms with van der Waals surface area (Å²) in [4.78, 5) is 24.8. The fraction of sp³-hybridized carbons (Fsp3) is 0.300. The summed E-state index contributed by atoms with van der Waals surface area (Å²) in [5.41, 5.74) is 2.44. The monoisotopic (exact) mass is 391 g/mol. The Morgan fingerprint density at radius 1 is 1.12 bits per heavy atom. The summed E-state index contributed by atoms with van der Waals surface area (Å²) in [5.74, 6) is -1.06. The van der Waals surface area contributed by atoms with Crippen molar-refractivity contribution in [2.24, 2.45) is 0 Å². The number of carbonyl (C=O) groups excluding carboxylic acids is 2. The van der Waals surface area contributed by atoms with E-state index in [1.54, 1.807) is 18.2 Å². The predicted molar refractivity (Wildman–Crippen MR) is 102 cm³/mol. The molecule has 2 atom stereocenters. The second-order valence-electron chi connectivity index (χ2n) is 6.30. The van der Waals surface area contributed by atoms with Crippen molar-refractivity contribution in [2.45, 2.75) is 38.3 Å². The van der Waals surface area contributed by atoms with Gasteiger partial charge in [0.1, 0.15) is 0 Å². The number of nitrogens with one attached hydrogen (secondary N) is 1. The number of aryl methyl sites for hydroxylation is 1. The van der Waals surface area contributed by atoms with E-state index in [1.807, 2.05) is 18.2 Å². The summed E-state index contributed by atoms with van der Waals surface area (Å²) in [5, 5.41) is 3.36. The Balaban J connectivity index is 1.67. The number of hydrogen-bond donors (Lipinski definition) is 1. The molecule has 6 heteroatoms. The highest BCUT2D eigenvalue weighted by Crippen LogP contribution is 2.30. The fourth-order valence-corrected chi connectivity index (χ4v) is 3.71. The summed E-state index contributed by atoms with van der Waals surface area (Å²) >= 11 is 12.0. The van der Waals surface area contributed by atoms with E-state index in [4.69, 9.17) is 27.9 Å². The number of ether oxygens (including phenoxy) is 1. The van der Waals surface area contributed by atoms with Gasteiger partial charge in [-0.15, -0.1) is 0 Å². The first-order chi connectivity index (χ1) is 12.5. The Morgan fingerprint density at radius 2 is 1.81 bits per heavy atom. The van der Waals surface area contributed by atoms with Gasteiger partial charge >= 0.3 is 5.97 Å². The summed E-state index contributed by atoms with van der Waals surface area (Å²) in [6.45, 7) is 1.53. The van der Waals surface area contributed by atoms with Crippen molar-refractivity contribution in [1.29, 1.82) is 0 Å². The van der Waals surface area contributed by atoms with Crippen LogP contribution in [0.1, 0.15) is 47.3 Å². The lowest BCUT2D eigenvalue weighted by Crippen LogP contribution is -2.39. The molecule has 0 fully saturated rings. The topological polar surface area (TPSA) is 55.4 Å². The van der Waals surface area contributed by atoms with Crippen LogP contribution >= 0.6 is 23.2 Å². The largest absolute Gasteiger partial charge is 0.449 e. The molecule has 1 aliphatic carbocycles. The quantitative estimate of drug-likeness (QED) is 0.766. The minimum Gasteiger partial charge on any atom is -0.449 e. The van der Waals surface area contributed by atoms with Crippen LogP contribution < -0.4 is 5.32 Å². The molecule has 0 aliphatic heterocycles. The van der Waals surface area contributed by atoms with Crippen molar-refractivity contribution in [3.8, 4) is 0 Å². The van der Waals surface area contributed by atoms with Crippen molar-refractivity contribution in [1.82, 2.24) is 5.32 Å². The fourth-order valence-electron chi connectivity index (χ4n) is 3.16. The third kappa shape index (κ3) is 4.02. The van der Waals surface area contributed by atoms with Crippen molar-refractivity contribution >= 4 is 35.1 Å². The lowest BCUT2D eigenvalue weighted by molar-refractivity contribution is -0.130. The van der Waals surface area contributed by atoms with Gasteiger partial charge in [-0.1, -0.05) is 53.5 Å². The molecule has 2 aromatic carbocycles. The number of hydrogen-bond acceptors (Lipinski definition) is 3. The van der Waals surface area contributed by atoms with E-state index in [9.17, 15) is 9.59 Å². The predicted octanol–water partition coefficient (Wildman–Crippen LogP) is 4.73. The maximum Gasteiger partial charge on any atom is 0.341 e. The van der Waals surface area contributed by atoms with Crippen LogP contribution in [0.15, 0.2) is 42.5 Å². The van der Waals surface area contributed by atoms with Gasteiger partial charge in [0.2, 0.25) is 0 Å². The normalized spacial score (nSPS) is 17.1. The first kappa shape index (κ1) is 18.7. The van der Waals surface area contributed by atoms with Crippen LogP contribution in [0.2, 0.25) is 10.0 Å². The Bertz CT molecular complexity index is 817. The average Bonchev–Trinajstić information content (AvgIpc) is 2.61. The molecule has 0 aromatic heterocycles. The first-order valence-corrected chi connectivity index (χ1v) is 9.26. The first-order valence-electron chi connectivity index (χ1n) is 8.50. The van der Waals surface area contributed by atoms with Crippen LogP contribution in [-0.2, 0) is 16.0 Å². The minimum absolute atomic E-state index is 0.0681. The summed E-state index contributed by atoms with van der Waals surface area (Å²) < 4.78 is 5.27. The molecule has 2 aromatic rings. The Labute approximate surface area is 162 Å². The van der Waals surface area contributed by atoms with Gasteiger partial charge in [0, 0.05) is 0 Å². The van der Waals surface area contributed by atoms with Crippen LogP contribution in [0.5, 0.6) is 0 Å². The SMILES string of the molecule is C[C@@H](OC(=O)c1c(Cl)cccc1Cl)C(=O)N[C@H]1CCCc2ccccc21. The molecule has 0 bridgehead atoms. The van der Waals surface area contributed by atoms with Gasteiger partial charge in [-0.2, -0.15) is 0 Å². The van der Waals surface area contributed by atoms with E-state index in [2.05, 4.69) is 11.4 Å². The van der Waals surface area contributed by atoms with E-state index in [0.29, 0.717) is 0 Å². The van der Waals surface area contributed by atoms with Crippen molar-refractivity contribution < 1.29 is 14.3 Å². The van der Waals surface area contributed by atoms with Crippen LogP contribution in [0, 0.1) is 0 Å². The molecule has 1 amide bonds. The third-order valence-corrected chi connectivity index (χ3v) is 5.14. The molecule has 0 saturated carbocycles. The van der Waals surface area contributed by atoms with Crippen LogP contribution in [0.3, 0.4) is 0 Å². The van der Waals surface area contributed by atoms with Gasteiger partial charge in [0.15, 0.2) is 6.10 Å². The van der Waals surface area contributed by atoms with E-state index in [0.717, 1.165) is 24.8 Å². The summed E-state index contributed by atoms with van der Waals surface area (Å²) in [6.07, 6.45) is 1.92. The standard InChI is InChI=1S/C20H19Cl2NO3/c1-12(26-20(25)18-15(21)9-5-10-16(18)22)19(24)23-17-11-4-7-13-6-2-3-8-14(13)17/h2-3,5-6,8-10,12,17H,4,7,11H2,1H3,(H,23,24)/t12-,17+/m1/s1. The molecule has 0 heterocycles. The highest BCUT2D eigenvalue weighted by molar-refractivity contribution is 6.39. The molecule has 4 nitrogen and oxygen atoms in total. The molecule has 0 spiro atoms. The zero-order valence-corrected chi connectivity index (χ0v) is 15.8. The number of carbonyl (C=O) groups is 2. The van der Waals surface area contributed by atoms with E-state index >= 15 is 0 Å². The Hall–Kier alpha value is -2.04. The molecular weight excluding hydrogens is 373 g/mol. The Morgan fingerprint density at radius 3 is 2.54 bits per heavy atom. The number of rotatable bonds is 4. The number of esters is 1. The number of benzene rings is 2. The number of amides is 1. The van der Waals surface area contributed by atoms with Gasteiger partial charge in [-0.25, -0.2) is 4.79 Å². The second kappa shape index (κ2) is 8.11. The van der Waals surface area contributed by atoms with Gasteiger partial charge in [-0.3, -0.25) is 4.79 Å². The van der Waals surface area contributed by atoms with Gasteiger partial charge in [-0.05, 0) is 49.4 Å². The molecule has 136 valence electrons. The maximum absolute atomic E-state index is 12.5. The molecule has 1 aliphatic rings. The highest BCUT2D eigenvalue weighted by atomic mass is 35.5. The molecule has 0 saturated heterocycles. The van der Waals surface area contributed by atoms with Crippen LogP contribution in [0.4, 0.5) is 0 Å². The van der Waals surface area contributed by atoms with Crippen molar-refractivity contribution in [3.63, 3.8) is 0 Å². The second-order valence-corrected chi connectivity index (χ2v) is 7.11. The van der Waals surface area contributed by atoms with Crippen molar-refractivity contribution in [2.75, 3.05) is 0 Å². The van der Waals surface area contributed by atoms with E-state index in [-0.39, 0.29) is 27.6 Å². The van der Waals surface area contributed by atoms with E-state index in [1.165, 1.54) is 12.5 Å². The Kier molecular flexibility index (Phi) is 5.84. The van der Waals surface area contributed by atoms with Gasteiger partial charge in [0.05, 0.1) is 21.7 Å². The lowest BCUT2D eigenvalue weighted by atomic mass is 9.87. The van der Waals surface area contributed by atoms with Gasteiger partial charge in [0.25, 0.3) is 5.91 Å². The zero-order chi connectivity index (χ0) is 18.7. The molecule has 0 unspecified atom stereocenters.